The van der Waals surface area contributed by atoms with E-state index in [-0.39, 0.29) is 0 Å². The Morgan fingerprint density at radius 3 is 2.88 bits per heavy atom. The molecule has 16 heavy (non-hydrogen) atoms. The largest absolute Gasteiger partial charge is 0.399 e. The van der Waals surface area contributed by atoms with Crippen LogP contribution in [0.5, 0.6) is 0 Å². The zero-order valence-corrected chi connectivity index (χ0v) is 9.77. The summed E-state index contributed by atoms with van der Waals surface area (Å²) < 4.78 is 2.14. The number of hydrogen-bond acceptors (Lipinski definition) is 2. The van der Waals surface area contributed by atoms with Gasteiger partial charge < -0.3 is 10.3 Å². The van der Waals surface area contributed by atoms with Crippen molar-refractivity contribution in [3.8, 4) is 5.69 Å². The lowest BCUT2D eigenvalue weighted by Crippen LogP contribution is -2.02. The summed E-state index contributed by atoms with van der Waals surface area (Å²) in [6, 6.07) is 5.97. The smallest absolute Gasteiger partial charge is 0.113 e. The summed E-state index contributed by atoms with van der Waals surface area (Å²) in [5.74, 6) is 1.11. The van der Waals surface area contributed by atoms with E-state index >= 15 is 0 Å². The highest BCUT2D eigenvalue weighted by Crippen LogP contribution is 2.19. The van der Waals surface area contributed by atoms with Crippen molar-refractivity contribution in [2.75, 3.05) is 5.73 Å². The number of rotatable bonds is 3. The summed E-state index contributed by atoms with van der Waals surface area (Å²) in [5, 5.41) is 0. The molecule has 0 saturated carbocycles. The SMILES string of the molecule is CCCc1nccn1-c1ccc(N)cc1C. The highest BCUT2D eigenvalue weighted by Gasteiger charge is 2.06. The molecule has 1 aromatic carbocycles. The van der Waals surface area contributed by atoms with Gasteiger partial charge in [0, 0.05) is 30.2 Å². The second-order valence-corrected chi connectivity index (χ2v) is 4.01. The molecule has 0 fully saturated rings. The van der Waals surface area contributed by atoms with Crippen LogP contribution in [-0.4, -0.2) is 9.55 Å². The molecule has 0 spiro atoms. The Kier molecular flexibility index (Phi) is 2.95. The van der Waals surface area contributed by atoms with Gasteiger partial charge in [0.2, 0.25) is 0 Å². The van der Waals surface area contributed by atoms with Crippen molar-refractivity contribution in [1.82, 2.24) is 9.55 Å². The number of benzene rings is 1. The molecule has 0 aliphatic carbocycles. The van der Waals surface area contributed by atoms with Gasteiger partial charge in [0.15, 0.2) is 0 Å². The topological polar surface area (TPSA) is 43.8 Å². The number of anilines is 1. The first-order chi connectivity index (χ1) is 7.72. The van der Waals surface area contributed by atoms with E-state index in [0.29, 0.717) is 0 Å². The molecule has 1 heterocycles. The fraction of sp³-hybridized carbons (Fsp3) is 0.308. The Labute approximate surface area is 95.9 Å². The molecule has 3 nitrogen and oxygen atoms in total. The summed E-state index contributed by atoms with van der Waals surface area (Å²) in [4.78, 5) is 4.38. The quantitative estimate of drug-likeness (QED) is 0.800. The predicted octanol–water partition coefficient (Wildman–Crippen LogP) is 2.72. The summed E-state index contributed by atoms with van der Waals surface area (Å²) >= 11 is 0. The molecule has 0 amide bonds. The number of aromatic nitrogens is 2. The Balaban J connectivity index is 2.46. The van der Waals surface area contributed by atoms with Crippen LogP contribution in [0.3, 0.4) is 0 Å². The van der Waals surface area contributed by atoms with Gasteiger partial charge >= 0.3 is 0 Å². The van der Waals surface area contributed by atoms with E-state index in [4.69, 9.17) is 5.73 Å². The number of imidazole rings is 1. The molecule has 0 atom stereocenters. The highest BCUT2D eigenvalue weighted by atomic mass is 15.1. The number of aryl methyl sites for hydroxylation is 2. The van der Waals surface area contributed by atoms with Crippen molar-refractivity contribution in [1.29, 1.82) is 0 Å². The molecule has 0 unspecified atom stereocenters. The lowest BCUT2D eigenvalue weighted by atomic mass is 10.1. The van der Waals surface area contributed by atoms with Gasteiger partial charge in [0.05, 0.1) is 0 Å². The van der Waals surface area contributed by atoms with Crippen molar-refractivity contribution in [2.24, 2.45) is 0 Å². The standard InChI is InChI=1S/C13H17N3/c1-3-4-13-15-7-8-16(13)12-6-5-11(14)9-10(12)2/h5-9H,3-4,14H2,1-2H3. The van der Waals surface area contributed by atoms with Crippen LogP contribution in [0.25, 0.3) is 5.69 Å². The first kappa shape index (κ1) is 10.7. The molecule has 2 rings (SSSR count). The van der Waals surface area contributed by atoms with E-state index in [2.05, 4.69) is 23.4 Å². The van der Waals surface area contributed by atoms with E-state index in [0.717, 1.165) is 30.0 Å². The van der Waals surface area contributed by atoms with Gasteiger partial charge in [-0.25, -0.2) is 4.98 Å². The molecule has 1 aromatic heterocycles. The number of nitrogens with two attached hydrogens (primary N) is 1. The van der Waals surface area contributed by atoms with Crippen LogP contribution in [0, 0.1) is 6.92 Å². The van der Waals surface area contributed by atoms with E-state index in [9.17, 15) is 0 Å². The van der Waals surface area contributed by atoms with Crippen LogP contribution in [0.1, 0.15) is 24.7 Å². The second-order valence-electron chi connectivity index (χ2n) is 4.01. The van der Waals surface area contributed by atoms with Crippen LogP contribution in [-0.2, 0) is 6.42 Å². The van der Waals surface area contributed by atoms with Crippen LogP contribution in [0.2, 0.25) is 0 Å². The molecule has 0 aliphatic rings. The van der Waals surface area contributed by atoms with E-state index < -0.39 is 0 Å². The fourth-order valence-corrected chi connectivity index (χ4v) is 1.91. The van der Waals surface area contributed by atoms with Gasteiger partial charge in [-0.3, -0.25) is 0 Å². The maximum absolute atomic E-state index is 5.75. The zero-order valence-electron chi connectivity index (χ0n) is 9.77. The minimum atomic E-state index is 0.804. The van der Waals surface area contributed by atoms with E-state index in [1.807, 2.05) is 30.6 Å². The third kappa shape index (κ3) is 1.94. The molecule has 0 bridgehead atoms. The van der Waals surface area contributed by atoms with Gasteiger partial charge in [0.1, 0.15) is 5.82 Å². The number of nitrogen functional groups attached to an aromatic ring is 1. The molecule has 3 heteroatoms. The van der Waals surface area contributed by atoms with Gasteiger partial charge in [-0.15, -0.1) is 0 Å². The molecule has 0 aliphatic heterocycles. The molecule has 2 N–H and O–H groups in total. The van der Waals surface area contributed by atoms with Gasteiger partial charge in [-0.1, -0.05) is 6.92 Å². The third-order valence-corrected chi connectivity index (χ3v) is 2.67. The predicted molar refractivity (Wildman–Crippen MR) is 66.7 cm³/mol. The Bertz CT molecular complexity index is 486. The van der Waals surface area contributed by atoms with Gasteiger partial charge in [-0.05, 0) is 37.1 Å². The van der Waals surface area contributed by atoms with Crippen LogP contribution < -0.4 is 5.73 Å². The third-order valence-electron chi connectivity index (χ3n) is 2.67. The van der Waals surface area contributed by atoms with E-state index in [1.54, 1.807) is 0 Å². The summed E-state index contributed by atoms with van der Waals surface area (Å²) in [5.41, 5.74) is 8.90. The molecular formula is C13H17N3. The normalized spacial score (nSPS) is 10.6. The average molecular weight is 215 g/mol. The monoisotopic (exact) mass is 215 g/mol. The fourth-order valence-electron chi connectivity index (χ4n) is 1.91. The maximum Gasteiger partial charge on any atom is 0.113 e. The summed E-state index contributed by atoms with van der Waals surface area (Å²) in [7, 11) is 0. The Morgan fingerprint density at radius 1 is 1.38 bits per heavy atom. The van der Waals surface area contributed by atoms with Crippen molar-refractivity contribution in [3.63, 3.8) is 0 Å². The zero-order chi connectivity index (χ0) is 11.5. The Hall–Kier alpha value is -1.77. The lowest BCUT2D eigenvalue weighted by Gasteiger charge is -2.10. The number of nitrogens with zero attached hydrogens (tertiary/aromatic N) is 2. The molecule has 84 valence electrons. The maximum atomic E-state index is 5.75. The van der Waals surface area contributed by atoms with Crippen molar-refractivity contribution >= 4 is 5.69 Å². The van der Waals surface area contributed by atoms with Crippen molar-refractivity contribution < 1.29 is 0 Å². The van der Waals surface area contributed by atoms with Crippen LogP contribution >= 0.6 is 0 Å². The molecule has 0 radical (unpaired) electrons. The van der Waals surface area contributed by atoms with Gasteiger partial charge in [0.25, 0.3) is 0 Å². The van der Waals surface area contributed by atoms with Crippen LogP contribution in [0.15, 0.2) is 30.6 Å². The minimum Gasteiger partial charge on any atom is -0.399 e. The van der Waals surface area contributed by atoms with E-state index in [1.165, 1.54) is 5.56 Å². The summed E-state index contributed by atoms with van der Waals surface area (Å²) in [6.07, 6.45) is 5.95. The minimum absolute atomic E-state index is 0.804. The Morgan fingerprint density at radius 2 is 2.19 bits per heavy atom. The first-order valence-electron chi connectivity index (χ1n) is 5.61. The lowest BCUT2D eigenvalue weighted by molar-refractivity contribution is 0.807. The van der Waals surface area contributed by atoms with Crippen LogP contribution in [0.4, 0.5) is 5.69 Å². The summed E-state index contributed by atoms with van der Waals surface area (Å²) in [6.45, 7) is 4.23. The molecular weight excluding hydrogens is 198 g/mol. The number of hydrogen-bond donors (Lipinski definition) is 1. The van der Waals surface area contributed by atoms with Crippen molar-refractivity contribution in [2.45, 2.75) is 26.7 Å². The first-order valence-corrected chi connectivity index (χ1v) is 5.61. The average Bonchev–Trinajstić information content (AvgIpc) is 2.67. The van der Waals surface area contributed by atoms with Crippen molar-refractivity contribution in [3.05, 3.63) is 42.0 Å². The van der Waals surface area contributed by atoms with Gasteiger partial charge in [-0.2, -0.15) is 0 Å². The highest BCUT2D eigenvalue weighted by molar-refractivity contribution is 5.51. The molecule has 0 saturated heterocycles. The molecule has 2 aromatic rings. The second kappa shape index (κ2) is 4.39.